The average Bonchev–Trinajstić information content (AvgIpc) is 2.37. The van der Waals surface area contributed by atoms with Crippen molar-refractivity contribution in [1.29, 1.82) is 0 Å². The van der Waals surface area contributed by atoms with Crippen molar-refractivity contribution < 1.29 is 17.9 Å². The van der Waals surface area contributed by atoms with Crippen LogP contribution in [0, 0.1) is 0 Å². The second-order valence-electron chi connectivity index (χ2n) is 5.02. The monoisotopic (exact) mass is 312 g/mol. The Hall–Kier alpha value is -2.09. The molecule has 2 N–H and O–H groups in total. The van der Waals surface area contributed by atoms with E-state index >= 15 is 0 Å². The Balaban J connectivity index is 2.99. The molecule has 0 unspecified atom stereocenters. The molecule has 0 aliphatic heterocycles. The minimum absolute atomic E-state index is 0.0538. The number of hydrogen-bond acceptors (Lipinski definition) is 5. The van der Waals surface area contributed by atoms with Crippen LogP contribution in [0.1, 0.15) is 30.6 Å². The number of sulfonamides is 1. The second-order valence-corrected chi connectivity index (χ2v) is 6.57. The zero-order chi connectivity index (χ0) is 16.1. The number of carbonyl (C=O) groups excluding carboxylic acids is 1. The number of benzene rings is 1. The van der Waals surface area contributed by atoms with Gasteiger partial charge < -0.3 is 10.5 Å². The van der Waals surface area contributed by atoms with E-state index in [1.807, 2.05) is 0 Å². The standard InChI is InChI=1S/C12H16N4O4S/c1-12(2,13)7-8-20-11(17)9-5-3-4-6-10(9)21(18,19)16-15-14/h3-6H,7-8,13H2,1-2H3. The van der Waals surface area contributed by atoms with Crippen LogP contribution in [-0.4, -0.2) is 26.5 Å². The Morgan fingerprint density at radius 3 is 2.62 bits per heavy atom. The van der Waals surface area contributed by atoms with E-state index in [4.69, 9.17) is 16.0 Å². The number of rotatable bonds is 6. The van der Waals surface area contributed by atoms with Crippen LogP contribution in [0.5, 0.6) is 0 Å². The smallest absolute Gasteiger partial charge is 0.339 e. The van der Waals surface area contributed by atoms with Gasteiger partial charge in [-0.15, -0.1) is 0 Å². The molecule has 0 radical (unpaired) electrons. The lowest BCUT2D eigenvalue weighted by molar-refractivity contribution is 0.0477. The summed E-state index contributed by atoms with van der Waals surface area (Å²) in [7, 11) is -4.26. The third-order valence-corrected chi connectivity index (χ3v) is 3.71. The molecule has 0 fully saturated rings. The molecule has 1 rings (SSSR count). The van der Waals surface area contributed by atoms with Gasteiger partial charge >= 0.3 is 5.97 Å². The molecule has 8 nitrogen and oxygen atoms in total. The number of azide groups is 1. The predicted octanol–water partition coefficient (Wildman–Crippen LogP) is 1.97. The molecular formula is C12H16N4O4S. The van der Waals surface area contributed by atoms with E-state index in [1.165, 1.54) is 24.3 Å². The van der Waals surface area contributed by atoms with Crippen molar-refractivity contribution in [3.8, 4) is 0 Å². The van der Waals surface area contributed by atoms with E-state index in [0.717, 1.165) is 0 Å². The van der Waals surface area contributed by atoms with Gasteiger partial charge in [0.1, 0.15) is 0 Å². The summed E-state index contributed by atoms with van der Waals surface area (Å²) in [6, 6.07) is 5.36. The Bertz CT molecular complexity index is 673. The van der Waals surface area contributed by atoms with Crippen molar-refractivity contribution in [3.05, 3.63) is 40.3 Å². The average molecular weight is 312 g/mol. The lowest BCUT2D eigenvalue weighted by Gasteiger charge is -2.18. The van der Waals surface area contributed by atoms with Crippen molar-refractivity contribution in [2.75, 3.05) is 6.61 Å². The van der Waals surface area contributed by atoms with Crippen LogP contribution in [0.2, 0.25) is 0 Å². The molecule has 0 atom stereocenters. The molecule has 1 aromatic carbocycles. The highest BCUT2D eigenvalue weighted by Gasteiger charge is 2.22. The third kappa shape index (κ3) is 5.07. The highest BCUT2D eigenvalue weighted by atomic mass is 32.2. The first-order valence-electron chi connectivity index (χ1n) is 6.04. The van der Waals surface area contributed by atoms with Crippen molar-refractivity contribution in [3.63, 3.8) is 0 Å². The number of carbonyl (C=O) groups is 1. The summed E-state index contributed by atoms with van der Waals surface area (Å²) in [5, 5.41) is 0. The van der Waals surface area contributed by atoms with E-state index in [2.05, 4.69) is 9.43 Å². The van der Waals surface area contributed by atoms with E-state index in [9.17, 15) is 13.2 Å². The maximum absolute atomic E-state index is 11.9. The SMILES string of the molecule is CC(C)(N)CCOC(=O)c1ccccc1S(=O)(=O)N=[N+]=[N-]. The third-order valence-electron chi connectivity index (χ3n) is 2.51. The maximum atomic E-state index is 11.9. The molecular weight excluding hydrogens is 296 g/mol. The Morgan fingerprint density at radius 2 is 2.05 bits per heavy atom. The minimum Gasteiger partial charge on any atom is -0.462 e. The van der Waals surface area contributed by atoms with Gasteiger partial charge in [0.15, 0.2) is 0 Å². The van der Waals surface area contributed by atoms with E-state index in [0.29, 0.717) is 6.42 Å². The van der Waals surface area contributed by atoms with Gasteiger partial charge in [0.2, 0.25) is 0 Å². The first kappa shape index (κ1) is 17.0. The molecule has 0 spiro atoms. The molecule has 0 bridgehead atoms. The van der Waals surface area contributed by atoms with E-state index < -0.39 is 21.5 Å². The van der Waals surface area contributed by atoms with Gasteiger partial charge in [-0.25, -0.2) is 13.2 Å². The summed E-state index contributed by atoms with van der Waals surface area (Å²) >= 11 is 0. The lowest BCUT2D eigenvalue weighted by atomic mass is 10.0. The summed E-state index contributed by atoms with van der Waals surface area (Å²) in [6.45, 7) is 3.61. The summed E-state index contributed by atoms with van der Waals surface area (Å²) in [4.78, 5) is 13.8. The van der Waals surface area contributed by atoms with Crippen LogP contribution in [0.15, 0.2) is 33.7 Å². The van der Waals surface area contributed by atoms with Gasteiger partial charge in [-0.05, 0) is 37.9 Å². The number of nitrogens with two attached hydrogens (primary N) is 1. The van der Waals surface area contributed by atoms with Crippen molar-refractivity contribution >= 4 is 16.0 Å². The first-order chi connectivity index (χ1) is 9.67. The molecule has 0 heterocycles. The Labute approximate surface area is 122 Å². The van der Waals surface area contributed by atoms with Crippen molar-refractivity contribution in [2.24, 2.45) is 10.3 Å². The molecule has 0 amide bonds. The van der Waals surface area contributed by atoms with Gasteiger partial charge in [0, 0.05) is 15.0 Å². The van der Waals surface area contributed by atoms with Crippen LogP contribution in [-0.2, 0) is 14.8 Å². The minimum atomic E-state index is -4.26. The summed E-state index contributed by atoms with van der Waals surface area (Å²) in [6.07, 6.45) is 0.421. The number of esters is 1. The van der Waals surface area contributed by atoms with Crippen molar-refractivity contribution in [1.82, 2.24) is 0 Å². The summed E-state index contributed by atoms with van der Waals surface area (Å²) < 4.78 is 31.2. The predicted molar refractivity (Wildman–Crippen MR) is 75.9 cm³/mol. The van der Waals surface area contributed by atoms with Gasteiger partial charge in [0.25, 0.3) is 10.0 Å². The Kier molecular flexibility index (Phi) is 5.31. The normalized spacial score (nSPS) is 11.6. The first-order valence-corrected chi connectivity index (χ1v) is 7.48. The topological polar surface area (TPSA) is 135 Å². The molecule has 114 valence electrons. The number of ether oxygens (including phenoxy) is 1. The van der Waals surface area contributed by atoms with Gasteiger partial charge in [-0.1, -0.05) is 12.1 Å². The molecule has 1 aromatic rings. The maximum Gasteiger partial charge on any atom is 0.339 e. The molecule has 0 saturated carbocycles. The Morgan fingerprint density at radius 1 is 1.43 bits per heavy atom. The number of hydrogen-bond donors (Lipinski definition) is 1. The fraction of sp³-hybridized carbons (Fsp3) is 0.417. The zero-order valence-corrected chi connectivity index (χ0v) is 12.5. The molecule has 21 heavy (non-hydrogen) atoms. The van der Waals surface area contributed by atoms with E-state index in [-0.39, 0.29) is 17.1 Å². The van der Waals surface area contributed by atoms with Crippen LogP contribution in [0.3, 0.4) is 0 Å². The van der Waals surface area contributed by atoms with Gasteiger partial charge in [-0.3, -0.25) is 0 Å². The van der Waals surface area contributed by atoms with Crippen LogP contribution in [0.25, 0.3) is 10.4 Å². The highest BCUT2D eigenvalue weighted by Crippen LogP contribution is 2.19. The lowest BCUT2D eigenvalue weighted by Crippen LogP contribution is -2.33. The van der Waals surface area contributed by atoms with Crippen LogP contribution < -0.4 is 5.73 Å². The molecule has 0 aliphatic carbocycles. The van der Waals surface area contributed by atoms with Gasteiger partial charge in [-0.2, -0.15) is 0 Å². The van der Waals surface area contributed by atoms with Crippen molar-refractivity contribution in [2.45, 2.75) is 30.7 Å². The summed E-state index contributed by atoms with van der Waals surface area (Å²) in [5.74, 6) is -0.813. The zero-order valence-electron chi connectivity index (χ0n) is 11.7. The molecule has 0 saturated heterocycles. The van der Waals surface area contributed by atoms with Gasteiger partial charge in [0.05, 0.1) is 17.1 Å². The largest absolute Gasteiger partial charge is 0.462 e. The molecule has 0 aliphatic rings. The quantitative estimate of drug-likeness (QED) is 0.370. The second kappa shape index (κ2) is 6.57. The fourth-order valence-electron chi connectivity index (χ4n) is 1.44. The van der Waals surface area contributed by atoms with Crippen LogP contribution in [0.4, 0.5) is 0 Å². The molecule has 9 heteroatoms. The summed E-state index contributed by atoms with van der Waals surface area (Å²) in [5.41, 5.74) is 13.3. The van der Waals surface area contributed by atoms with Crippen LogP contribution >= 0.6 is 0 Å². The fourth-order valence-corrected chi connectivity index (χ4v) is 2.30. The molecule has 0 aromatic heterocycles. The number of nitrogens with zero attached hydrogens (tertiary/aromatic N) is 3. The highest BCUT2D eigenvalue weighted by molar-refractivity contribution is 7.90. The van der Waals surface area contributed by atoms with E-state index in [1.54, 1.807) is 13.8 Å².